The third kappa shape index (κ3) is 42.2. The first-order valence-corrected chi connectivity index (χ1v) is 24.9. The van der Waals surface area contributed by atoms with E-state index in [1.807, 2.05) is 0 Å². The van der Waals surface area contributed by atoms with Crippen LogP contribution < -0.4 is 5.32 Å². The molecule has 0 aromatic carbocycles. The molecule has 0 rings (SSSR count). The number of amides is 1. The summed E-state index contributed by atoms with van der Waals surface area (Å²) in [6.07, 6.45) is 51.7. The zero-order chi connectivity index (χ0) is 40.8. The van der Waals surface area contributed by atoms with E-state index in [2.05, 4.69) is 31.3 Å². The number of hydrogen-bond donors (Lipinski definition) is 3. The largest absolute Gasteiger partial charge is 0.466 e. The highest BCUT2D eigenvalue weighted by molar-refractivity contribution is 5.76. The summed E-state index contributed by atoms with van der Waals surface area (Å²) in [4.78, 5) is 24.5. The highest BCUT2D eigenvalue weighted by atomic mass is 16.5. The molecule has 0 aliphatic carbocycles. The van der Waals surface area contributed by atoms with Crippen LogP contribution in [0.2, 0.25) is 0 Å². The van der Waals surface area contributed by atoms with Crippen LogP contribution in [-0.4, -0.2) is 47.4 Å². The molecule has 2 atom stereocenters. The molecule has 1 amide bonds. The number of carbonyl (C=O) groups excluding carboxylic acids is 2. The molecule has 0 radical (unpaired) electrons. The van der Waals surface area contributed by atoms with E-state index in [1.54, 1.807) is 0 Å². The topological polar surface area (TPSA) is 95.9 Å². The molecule has 0 saturated carbocycles. The van der Waals surface area contributed by atoms with Gasteiger partial charge in [0.1, 0.15) is 0 Å². The van der Waals surface area contributed by atoms with Crippen molar-refractivity contribution in [3.05, 3.63) is 12.2 Å². The first-order valence-electron chi connectivity index (χ1n) is 24.9. The number of esters is 1. The summed E-state index contributed by atoms with van der Waals surface area (Å²) in [6, 6.07) is -0.557. The number of hydrogen-bond acceptors (Lipinski definition) is 5. The number of ether oxygens (including phenoxy) is 1. The number of aliphatic hydroxyl groups is 2. The van der Waals surface area contributed by atoms with Gasteiger partial charge in [-0.15, -0.1) is 0 Å². The fraction of sp³-hybridized carbons (Fsp3) is 0.920. The Hall–Kier alpha value is -1.40. The second-order valence-corrected chi connectivity index (χ2v) is 17.1. The van der Waals surface area contributed by atoms with Crippen molar-refractivity contribution < 1.29 is 24.5 Å². The molecule has 0 spiro atoms. The van der Waals surface area contributed by atoms with Crippen molar-refractivity contribution in [2.24, 2.45) is 0 Å². The highest BCUT2D eigenvalue weighted by Gasteiger charge is 2.20. The zero-order valence-corrected chi connectivity index (χ0v) is 37.6. The number of nitrogens with one attached hydrogen (secondary N) is 1. The SMILES string of the molecule is CCCCCCCCC/C=C\CCCCCCCC(=O)OCCCCCCCCCCCCC(=O)NC(CO)C(O)CCCCCCCCCCCCCCC. The number of allylic oxidation sites excluding steroid dienone is 2. The Morgan fingerprint density at radius 3 is 1.27 bits per heavy atom. The van der Waals surface area contributed by atoms with Gasteiger partial charge in [-0.1, -0.05) is 219 Å². The summed E-state index contributed by atoms with van der Waals surface area (Å²) in [5, 5.41) is 23.2. The van der Waals surface area contributed by atoms with Gasteiger partial charge in [0, 0.05) is 12.8 Å². The van der Waals surface area contributed by atoms with Crippen LogP contribution in [0.1, 0.15) is 271 Å². The molecule has 0 aliphatic rings. The fourth-order valence-electron chi connectivity index (χ4n) is 7.69. The van der Waals surface area contributed by atoms with E-state index in [9.17, 15) is 19.8 Å². The lowest BCUT2D eigenvalue weighted by Crippen LogP contribution is -2.45. The predicted octanol–water partition coefficient (Wildman–Crippen LogP) is 14.6. The zero-order valence-electron chi connectivity index (χ0n) is 37.6. The molecular formula is C50H97NO5. The Morgan fingerprint density at radius 1 is 0.482 bits per heavy atom. The average Bonchev–Trinajstić information content (AvgIpc) is 3.20. The van der Waals surface area contributed by atoms with E-state index in [1.165, 1.54) is 180 Å². The first-order chi connectivity index (χ1) is 27.5. The predicted molar refractivity (Wildman–Crippen MR) is 241 cm³/mol. The van der Waals surface area contributed by atoms with Crippen molar-refractivity contribution in [1.82, 2.24) is 5.32 Å². The standard InChI is InChI=1S/C50H97NO5/c1-3-5-7-9-11-13-15-17-18-19-21-23-28-32-36-40-44-50(55)56-45-41-37-33-29-25-24-27-31-35-39-43-49(54)51-47(46-52)48(53)42-38-34-30-26-22-20-16-14-12-10-8-6-4-2/h18-19,47-48,52-53H,3-17,20-46H2,1-2H3,(H,51,54)/b19-18-. The molecule has 0 saturated heterocycles. The van der Waals surface area contributed by atoms with Crippen LogP contribution in [0.15, 0.2) is 12.2 Å². The van der Waals surface area contributed by atoms with E-state index < -0.39 is 12.1 Å². The summed E-state index contributed by atoms with van der Waals surface area (Å²) >= 11 is 0. The minimum Gasteiger partial charge on any atom is -0.466 e. The van der Waals surface area contributed by atoms with Crippen LogP contribution in [0.3, 0.4) is 0 Å². The molecular weight excluding hydrogens is 695 g/mol. The summed E-state index contributed by atoms with van der Waals surface area (Å²) in [5.41, 5.74) is 0. The van der Waals surface area contributed by atoms with Gasteiger partial charge in [-0.25, -0.2) is 0 Å². The molecule has 332 valence electrons. The molecule has 0 aromatic rings. The second-order valence-electron chi connectivity index (χ2n) is 17.1. The summed E-state index contributed by atoms with van der Waals surface area (Å²) in [7, 11) is 0. The average molecular weight is 792 g/mol. The lowest BCUT2D eigenvalue weighted by Gasteiger charge is -2.22. The van der Waals surface area contributed by atoms with Gasteiger partial charge in [-0.3, -0.25) is 9.59 Å². The van der Waals surface area contributed by atoms with Gasteiger partial charge in [-0.2, -0.15) is 0 Å². The third-order valence-electron chi connectivity index (χ3n) is 11.6. The molecule has 0 aliphatic heterocycles. The van der Waals surface area contributed by atoms with Gasteiger partial charge in [0.2, 0.25) is 5.91 Å². The Balaban J connectivity index is 3.47. The van der Waals surface area contributed by atoms with Crippen molar-refractivity contribution in [3.63, 3.8) is 0 Å². The molecule has 0 fully saturated rings. The van der Waals surface area contributed by atoms with Crippen LogP contribution in [-0.2, 0) is 14.3 Å². The smallest absolute Gasteiger partial charge is 0.305 e. The van der Waals surface area contributed by atoms with Gasteiger partial charge < -0.3 is 20.3 Å². The van der Waals surface area contributed by atoms with Gasteiger partial charge in [0.05, 0.1) is 25.4 Å². The molecule has 0 heterocycles. The molecule has 0 aromatic heterocycles. The van der Waals surface area contributed by atoms with Crippen molar-refractivity contribution in [2.45, 2.75) is 283 Å². The van der Waals surface area contributed by atoms with Crippen LogP contribution in [0.5, 0.6) is 0 Å². The van der Waals surface area contributed by atoms with Crippen molar-refractivity contribution in [3.8, 4) is 0 Å². The van der Waals surface area contributed by atoms with E-state index >= 15 is 0 Å². The highest BCUT2D eigenvalue weighted by Crippen LogP contribution is 2.16. The second kappa shape index (κ2) is 46.3. The fourth-order valence-corrected chi connectivity index (χ4v) is 7.69. The van der Waals surface area contributed by atoms with Crippen LogP contribution >= 0.6 is 0 Å². The maximum absolute atomic E-state index is 12.4. The van der Waals surface area contributed by atoms with E-state index in [0.717, 1.165) is 57.8 Å². The summed E-state index contributed by atoms with van der Waals surface area (Å²) < 4.78 is 5.45. The first kappa shape index (κ1) is 54.6. The molecule has 2 unspecified atom stereocenters. The number of unbranched alkanes of at least 4 members (excludes halogenated alkanes) is 33. The van der Waals surface area contributed by atoms with Crippen molar-refractivity contribution >= 4 is 11.9 Å². The van der Waals surface area contributed by atoms with Gasteiger partial charge >= 0.3 is 5.97 Å². The molecule has 0 bridgehead atoms. The van der Waals surface area contributed by atoms with Crippen molar-refractivity contribution in [1.29, 1.82) is 0 Å². The summed E-state index contributed by atoms with van der Waals surface area (Å²) in [5.74, 6) is -0.0841. The Labute approximate surface area is 349 Å². The third-order valence-corrected chi connectivity index (χ3v) is 11.6. The van der Waals surface area contributed by atoms with E-state index in [0.29, 0.717) is 25.9 Å². The lowest BCUT2D eigenvalue weighted by molar-refractivity contribution is -0.143. The lowest BCUT2D eigenvalue weighted by atomic mass is 10.0. The number of rotatable bonds is 46. The Bertz CT molecular complexity index is 832. The summed E-state index contributed by atoms with van der Waals surface area (Å²) in [6.45, 7) is 4.89. The van der Waals surface area contributed by atoms with Crippen molar-refractivity contribution in [2.75, 3.05) is 13.2 Å². The van der Waals surface area contributed by atoms with Crippen LogP contribution in [0, 0.1) is 0 Å². The van der Waals surface area contributed by atoms with Crippen LogP contribution in [0.25, 0.3) is 0 Å². The normalized spacial score (nSPS) is 12.7. The minimum atomic E-state index is -0.677. The Kier molecular flexibility index (Phi) is 45.1. The maximum Gasteiger partial charge on any atom is 0.305 e. The Morgan fingerprint density at radius 2 is 0.839 bits per heavy atom. The molecule has 3 N–H and O–H groups in total. The van der Waals surface area contributed by atoms with Gasteiger partial charge in [0.15, 0.2) is 0 Å². The maximum atomic E-state index is 12.4. The monoisotopic (exact) mass is 792 g/mol. The number of carbonyl (C=O) groups is 2. The van der Waals surface area contributed by atoms with E-state index in [4.69, 9.17) is 4.74 Å². The number of aliphatic hydroxyl groups excluding tert-OH is 2. The molecule has 6 heteroatoms. The van der Waals surface area contributed by atoms with Gasteiger partial charge in [0.25, 0.3) is 0 Å². The van der Waals surface area contributed by atoms with Gasteiger partial charge in [-0.05, 0) is 51.4 Å². The quantitative estimate of drug-likeness (QED) is 0.0324. The minimum absolute atomic E-state index is 0.0261. The van der Waals surface area contributed by atoms with E-state index in [-0.39, 0.29) is 18.5 Å². The molecule has 56 heavy (non-hydrogen) atoms. The van der Waals surface area contributed by atoms with Crippen LogP contribution in [0.4, 0.5) is 0 Å². The molecule has 6 nitrogen and oxygen atoms in total.